The number of carboxylic acids is 1. The standard InChI is InChI=1S/C36H29NO4/c38-35(27-16-20-30(21-17-27)41-24-25-8-2-1-3-9-25)22-28(23-36(39)40)26-14-18-29(19-15-26)37-33-12-6-4-10-31(33)32-11-5-7-13-34(32)37/h1-21,28H,22-24H2,(H,39,40). The molecule has 0 fully saturated rings. The molecule has 1 unspecified atom stereocenters. The number of hydrogen-bond acceptors (Lipinski definition) is 3. The summed E-state index contributed by atoms with van der Waals surface area (Å²) in [7, 11) is 0. The van der Waals surface area contributed by atoms with E-state index in [1.807, 2.05) is 78.9 Å². The molecule has 1 heterocycles. The summed E-state index contributed by atoms with van der Waals surface area (Å²) >= 11 is 0. The zero-order valence-corrected chi connectivity index (χ0v) is 22.4. The topological polar surface area (TPSA) is 68.5 Å². The zero-order chi connectivity index (χ0) is 28.2. The number of para-hydroxylation sites is 2. The minimum atomic E-state index is -0.932. The van der Waals surface area contributed by atoms with Gasteiger partial charge in [0.05, 0.1) is 17.5 Å². The van der Waals surface area contributed by atoms with Crippen molar-refractivity contribution in [2.24, 2.45) is 0 Å². The second-order valence-electron chi connectivity index (χ2n) is 10.2. The number of carbonyl (C=O) groups excluding carboxylic acids is 1. The number of ether oxygens (including phenoxy) is 1. The Morgan fingerprint density at radius 1 is 0.659 bits per heavy atom. The van der Waals surface area contributed by atoms with E-state index < -0.39 is 11.9 Å². The van der Waals surface area contributed by atoms with Gasteiger partial charge in [-0.2, -0.15) is 0 Å². The molecule has 5 heteroatoms. The highest BCUT2D eigenvalue weighted by Gasteiger charge is 2.21. The molecule has 0 aliphatic heterocycles. The molecule has 0 saturated heterocycles. The Morgan fingerprint density at radius 3 is 1.85 bits per heavy atom. The molecule has 41 heavy (non-hydrogen) atoms. The van der Waals surface area contributed by atoms with Gasteiger partial charge in [0.2, 0.25) is 0 Å². The number of benzene rings is 5. The van der Waals surface area contributed by atoms with Gasteiger partial charge < -0.3 is 14.4 Å². The summed E-state index contributed by atoms with van der Waals surface area (Å²) < 4.78 is 8.05. The average molecular weight is 540 g/mol. The molecule has 0 spiro atoms. The molecule has 0 saturated carbocycles. The first-order valence-corrected chi connectivity index (χ1v) is 13.7. The molecule has 6 rings (SSSR count). The highest BCUT2D eigenvalue weighted by molar-refractivity contribution is 6.09. The summed E-state index contributed by atoms with van der Waals surface area (Å²) in [6.45, 7) is 0.444. The number of hydrogen-bond donors (Lipinski definition) is 1. The van der Waals surface area contributed by atoms with Crippen LogP contribution in [0.3, 0.4) is 0 Å². The van der Waals surface area contributed by atoms with E-state index in [4.69, 9.17) is 4.74 Å². The maximum absolute atomic E-state index is 13.2. The fourth-order valence-electron chi connectivity index (χ4n) is 5.43. The molecule has 0 bridgehead atoms. The van der Waals surface area contributed by atoms with Crippen molar-refractivity contribution in [1.29, 1.82) is 0 Å². The van der Waals surface area contributed by atoms with Crippen molar-refractivity contribution >= 4 is 33.6 Å². The average Bonchev–Trinajstić information content (AvgIpc) is 3.35. The summed E-state index contributed by atoms with van der Waals surface area (Å²) in [4.78, 5) is 25.0. The predicted octanol–water partition coefficient (Wildman–Crippen LogP) is 8.19. The van der Waals surface area contributed by atoms with Crippen LogP contribution in [-0.2, 0) is 11.4 Å². The van der Waals surface area contributed by atoms with E-state index in [0.29, 0.717) is 17.9 Å². The third-order valence-corrected chi connectivity index (χ3v) is 7.48. The number of nitrogens with zero attached hydrogens (tertiary/aromatic N) is 1. The molecule has 1 atom stereocenters. The van der Waals surface area contributed by atoms with Gasteiger partial charge in [0.1, 0.15) is 12.4 Å². The van der Waals surface area contributed by atoms with E-state index in [9.17, 15) is 14.7 Å². The van der Waals surface area contributed by atoms with Crippen molar-refractivity contribution < 1.29 is 19.4 Å². The van der Waals surface area contributed by atoms with E-state index in [-0.39, 0.29) is 18.6 Å². The normalized spacial score (nSPS) is 11.9. The molecule has 0 amide bonds. The largest absolute Gasteiger partial charge is 0.489 e. The number of rotatable bonds is 10. The third kappa shape index (κ3) is 5.61. The summed E-state index contributed by atoms with van der Waals surface area (Å²) in [6, 6.07) is 41.4. The van der Waals surface area contributed by atoms with Crippen molar-refractivity contribution in [2.75, 3.05) is 0 Å². The summed E-state index contributed by atoms with van der Waals surface area (Å²) in [6.07, 6.45) is -0.0238. The van der Waals surface area contributed by atoms with Gasteiger partial charge in [-0.1, -0.05) is 78.9 Å². The molecule has 6 aromatic rings. The Kier molecular flexibility index (Phi) is 7.33. The lowest BCUT2D eigenvalue weighted by molar-refractivity contribution is -0.137. The van der Waals surface area contributed by atoms with Crippen LogP contribution in [0, 0.1) is 0 Å². The number of aromatic nitrogens is 1. The first-order valence-electron chi connectivity index (χ1n) is 13.7. The first-order chi connectivity index (χ1) is 20.1. The lowest BCUT2D eigenvalue weighted by Gasteiger charge is -2.16. The molecule has 0 aliphatic rings. The lowest BCUT2D eigenvalue weighted by atomic mass is 9.89. The number of carbonyl (C=O) groups is 2. The van der Waals surface area contributed by atoms with Crippen LogP contribution >= 0.6 is 0 Å². The molecular weight excluding hydrogens is 510 g/mol. The Hall–Kier alpha value is -5.16. The van der Waals surface area contributed by atoms with Gasteiger partial charge in [0.15, 0.2) is 5.78 Å². The van der Waals surface area contributed by atoms with Crippen LogP contribution in [0.5, 0.6) is 5.75 Å². The Morgan fingerprint density at radius 2 is 1.24 bits per heavy atom. The molecule has 202 valence electrons. The van der Waals surface area contributed by atoms with Crippen molar-refractivity contribution in [3.8, 4) is 11.4 Å². The smallest absolute Gasteiger partial charge is 0.303 e. The predicted molar refractivity (Wildman–Crippen MR) is 162 cm³/mol. The van der Waals surface area contributed by atoms with Crippen molar-refractivity contribution in [3.63, 3.8) is 0 Å². The van der Waals surface area contributed by atoms with E-state index in [1.54, 1.807) is 24.3 Å². The van der Waals surface area contributed by atoms with Gasteiger partial charge in [-0.3, -0.25) is 9.59 Å². The van der Waals surface area contributed by atoms with Gasteiger partial charge in [0, 0.05) is 34.4 Å². The first kappa shape index (κ1) is 26.1. The van der Waals surface area contributed by atoms with Crippen LogP contribution in [0.15, 0.2) is 127 Å². The Balaban J connectivity index is 1.21. The number of carboxylic acid groups (broad SMARTS) is 1. The number of ketones is 1. The third-order valence-electron chi connectivity index (χ3n) is 7.48. The SMILES string of the molecule is O=C(O)CC(CC(=O)c1ccc(OCc2ccccc2)cc1)c1ccc(-n2c3ccccc3c3ccccc32)cc1. The van der Waals surface area contributed by atoms with E-state index in [1.165, 1.54) is 10.8 Å². The van der Waals surface area contributed by atoms with Crippen LogP contribution < -0.4 is 4.74 Å². The minimum Gasteiger partial charge on any atom is -0.489 e. The fraction of sp³-hybridized carbons (Fsp3) is 0.111. The van der Waals surface area contributed by atoms with Crippen LogP contribution in [0.25, 0.3) is 27.5 Å². The Bertz CT molecular complexity index is 1770. The molecule has 5 nitrogen and oxygen atoms in total. The van der Waals surface area contributed by atoms with E-state index in [2.05, 4.69) is 28.8 Å². The van der Waals surface area contributed by atoms with Gasteiger partial charge in [0.25, 0.3) is 0 Å². The molecular formula is C36H29NO4. The van der Waals surface area contributed by atoms with Crippen molar-refractivity contribution in [2.45, 2.75) is 25.4 Å². The highest BCUT2D eigenvalue weighted by Crippen LogP contribution is 2.33. The number of aliphatic carboxylic acids is 1. The van der Waals surface area contributed by atoms with Crippen LogP contribution in [0.1, 0.15) is 40.2 Å². The van der Waals surface area contributed by atoms with E-state index >= 15 is 0 Å². The maximum Gasteiger partial charge on any atom is 0.303 e. The Labute approximate surface area is 238 Å². The number of fused-ring (bicyclic) bond motifs is 3. The maximum atomic E-state index is 13.2. The van der Waals surface area contributed by atoms with Gasteiger partial charge in [-0.05, 0) is 59.7 Å². The van der Waals surface area contributed by atoms with E-state index in [0.717, 1.165) is 27.8 Å². The van der Waals surface area contributed by atoms with Gasteiger partial charge >= 0.3 is 5.97 Å². The summed E-state index contributed by atoms with van der Waals surface area (Å²) in [5.41, 5.74) is 5.62. The minimum absolute atomic E-state index is 0.0997. The number of Topliss-reactive ketones (excluding diaryl/α,β-unsaturated/α-hetero) is 1. The fourth-order valence-corrected chi connectivity index (χ4v) is 5.43. The van der Waals surface area contributed by atoms with Gasteiger partial charge in [-0.15, -0.1) is 0 Å². The molecule has 0 aliphatic carbocycles. The monoisotopic (exact) mass is 539 g/mol. The molecule has 0 radical (unpaired) electrons. The molecule has 1 N–H and O–H groups in total. The van der Waals surface area contributed by atoms with Crippen LogP contribution in [0.2, 0.25) is 0 Å². The molecule has 5 aromatic carbocycles. The molecule has 1 aromatic heterocycles. The second-order valence-corrected chi connectivity index (χ2v) is 10.2. The zero-order valence-electron chi connectivity index (χ0n) is 22.4. The van der Waals surface area contributed by atoms with Crippen molar-refractivity contribution in [1.82, 2.24) is 4.57 Å². The van der Waals surface area contributed by atoms with Crippen LogP contribution in [0.4, 0.5) is 0 Å². The van der Waals surface area contributed by atoms with Gasteiger partial charge in [-0.25, -0.2) is 0 Å². The summed E-state index contributed by atoms with van der Waals surface area (Å²) in [5.74, 6) is -0.800. The van der Waals surface area contributed by atoms with Crippen LogP contribution in [-0.4, -0.2) is 21.4 Å². The highest BCUT2D eigenvalue weighted by atomic mass is 16.5. The lowest BCUT2D eigenvalue weighted by Crippen LogP contribution is -2.12. The van der Waals surface area contributed by atoms with Crippen molar-refractivity contribution in [3.05, 3.63) is 144 Å². The quantitative estimate of drug-likeness (QED) is 0.178. The summed E-state index contributed by atoms with van der Waals surface area (Å²) in [5, 5.41) is 12.0. The second kappa shape index (κ2) is 11.5.